The van der Waals surface area contributed by atoms with E-state index in [1.165, 1.54) is 48.1 Å². The Morgan fingerprint density at radius 2 is 1.32 bits per heavy atom. The number of hydrogen-bond acceptors (Lipinski definition) is 16. The highest BCUT2D eigenvalue weighted by molar-refractivity contribution is 6.12. The van der Waals surface area contributed by atoms with Crippen molar-refractivity contribution in [2.75, 3.05) is 93.8 Å². The predicted octanol–water partition coefficient (Wildman–Crippen LogP) is 3.40. The number of primary amides is 1. The summed E-state index contributed by atoms with van der Waals surface area (Å²) >= 11 is 0. The van der Waals surface area contributed by atoms with Gasteiger partial charge in [-0.3, -0.25) is 52.8 Å². The lowest BCUT2D eigenvalue weighted by molar-refractivity contribution is -0.148. The van der Waals surface area contributed by atoms with E-state index in [0.29, 0.717) is 77.1 Å². The van der Waals surface area contributed by atoms with Crippen molar-refractivity contribution in [3.05, 3.63) is 48.0 Å². The number of ether oxygens (including phenoxy) is 2. The number of imide groups is 1. The molecule has 0 aromatic heterocycles. The fourth-order valence-corrected chi connectivity index (χ4v) is 12.8. The summed E-state index contributed by atoms with van der Waals surface area (Å²) in [7, 11) is 6.06. The first-order valence-corrected chi connectivity index (χ1v) is 34.2. The molecule has 26 nitrogen and oxygen atoms in total. The van der Waals surface area contributed by atoms with Crippen LogP contribution in [0, 0.1) is 35.5 Å². The minimum atomic E-state index is -1.12. The number of hydrogen-bond donors (Lipinski definition) is 7. The smallest absolute Gasteiger partial charge is 0.312 e. The second-order valence-electron chi connectivity index (χ2n) is 26.6. The number of methoxy groups -OCH3 is 2. The fraction of sp³-hybridized carbons (Fsp3) is 0.725. The number of nitrogens with two attached hydrogens (primary N) is 1. The number of urea groups is 1. The third kappa shape index (κ3) is 25.3. The minimum absolute atomic E-state index is 0.103. The van der Waals surface area contributed by atoms with Crippen LogP contribution in [0.1, 0.15) is 153 Å². The molecule has 26 heteroatoms. The number of carbonyl (C=O) groups excluding carboxylic acids is 11. The number of likely N-dealkylation sites (tertiary alicyclic amines) is 1. The first-order valence-electron chi connectivity index (χ1n) is 34.2. The number of aliphatic hydroxyl groups is 1. The van der Waals surface area contributed by atoms with Gasteiger partial charge in [-0.25, -0.2) is 4.79 Å². The Kier molecular flexibility index (Phi) is 35.8. The SMILES string of the molecule is CC[C@H](C)[C@@H]([C@@H](CC(=O)N1CCC[C@H]1[C@H](OC)[C@@H](C)C(=O)N[C@H](C)[C@@H](O)c1ccccc1)OC)N(C)C(=O)[C@@H](NC(=O)[C@H](C(C)C)N(C)C(=O)CNC(=O)C(CCCNC(N)=O)CC(=O)[C@@H](NC(=O)CCN(CC)CCN(CC)CCCN1C(=O)C=CC1=O)C(C)C)C(C)C. The summed E-state index contributed by atoms with van der Waals surface area (Å²) < 4.78 is 12.1. The Balaban J connectivity index is 1.70. The van der Waals surface area contributed by atoms with Gasteiger partial charge in [0, 0.05) is 98.5 Å². The molecule has 0 bridgehead atoms. The molecule has 1 aromatic rings. The number of nitrogens with zero attached hydrogens (tertiary/aromatic N) is 6. The van der Waals surface area contributed by atoms with Crippen LogP contribution < -0.4 is 32.3 Å². The maximum absolute atomic E-state index is 14.9. The van der Waals surface area contributed by atoms with Gasteiger partial charge in [-0.05, 0) is 87.9 Å². The molecular weight excluding hydrogens is 1220 g/mol. The Morgan fingerprint density at radius 3 is 1.86 bits per heavy atom. The summed E-state index contributed by atoms with van der Waals surface area (Å²) in [5.74, 6) is -7.41. The van der Waals surface area contributed by atoms with E-state index in [-0.39, 0.29) is 80.0 Å². The van der Waals surface area contributed by atoms with Crippen LogP contribution in [0.5, 0.6) is 0 Å². The maximum atomic E-state index is 14.9. The van der Waals surface area contributed by atoms with Gasteiger partial charge in [0.05, 0.1) is 61.4 Å². The van der Waals surface area contributed by atoms with E-state index >= 15 is 0 Å². The van der Waals surface area contributed by atoms with E-state index in [1.54, 1.807) is 79.5 Å². The molecule has 95 heavy (non-hydrogen) atoms. The molecular formula is C69H116N12O14. The molecule has 0 radical (unpaired) electrons. The molecule has 2 aliphatic rings. The first kappa shape index (κ1) is 82.4. The van der Waals surface area contributed by atoms with Crippen LogP contribution in [0.15, 0.2) is 42.5 Å². The molecule has 8 N–H and O–H groups in total. The third-order valence-electron chi connectivity index (χ3n) is 18.8. The minimum Gasteiger partial charge on any atom is -0.386 e. The normalized spacial score (nSPS) is 17.6. The van der Waals surface area contributed by atoms with Crippen LogP contribution in [0.4, 0.5) is 4.79 Å². The lowest BCUT2D eigenvalue weighted by atomic mass is 9.89. The average molecular weight is 1340 g/mol. The van der Waals surface area contributed by atoms with Crippen LogP contribution in [0.25, 0.3) is 0 Å². The molecule has 1 saturated heterocycles. The van der Waals surface area contributed by atoms with Gasteiger partial charge in [0.1, 0.15) is 12.1 Å². The van der Waals surface area contributed by atoms with Crippen LogP contribution in [-0.4, -0.2) is 242 Å². The molecule has 12 atom stereocenters. The van der Waals surface area contributed by atoms with Gasteiger partial charge in [-0.15, -0.1) is 0 Å². The summed E-state index contributed by atoms with van der Waals surface area (Å²) in [5.41, 5.74) is 5.97. The fourth-order valence-electron chi connectivity index (χ4n) is 12.8. The van der Waals surface area contributed by atoms with E-state index in [9.17, 15) is 57.8 Å². The maximum Gasteiger partial charge on any atom is 0.312 e. The zero-order chi connectivity index (χ0) is 71.4. The number of amides is 11. The van der Waals surface area contributed by atoms with Crippen molar-refractivity contribution in [1.29, 1.82) is 0 Å². The molecule has 0 aliphatic carbocycles. The lowest BCUT2D eigenvalue weighted by Crippen LogP contribution is -2.60. The zero-order valence-corrected chi connectivity index (χ0v) is 59.7. The molecule has 1 aromatic carbocycles. The van der Waals surface area contributed by atoms with Crippen LogP contribution in [0.2, 0.25) is 0 Å². The standard InChI is InChI=1S/C69H116N12O14/c1-17-46(10)62(53(94-15)41-57(86)80-35-24-29-51(80)64(95-16)47(11)65(89)73-48(12)63(88)49-26-21-20-22-27-49)77(14)68(92)60(44(6)7)75-67(91)61(45(8)9)76(13)58(87)42-72-66(90)50(28-23-33-71-69(70)93)40-52(82)59(43(4)5)74-54(83)32-37-79(19-3)39-38-78(18-2)34-25-36-81-55(84)30-31-56(81)85/h20-22,26-27,30-31,43-48,50-51,53,59-64,88H,17-19,23-25,28-29,32-42H2,1-16H3,(H,72,90)(H,73,89)(H,74,83)(H,75,91)(H3,70,71,93)/t46-,47+,48+,50?,51-,53+,59-,60-,61-,62-,63+,64+/m0/s1. The molecule has 2 aliphatic heterocycles. The molecule has 1 unspecified atom stereocenters. The number of aliphatic hydroxyl groups excluding tert-OH is 1. The van der Waals surface area contributed by atoms with Crippen molar-refractivity contribution >= 4 is 65.0 Å². The lowest BCUT2D eigenvalue weighted by Gasteiger charge is -2.41. The number of Topliss-reactive ketones (excluding diaryl/α,β-unsaturated/α-hetero) is 1. The van der Waals surface area contributed by atoms with Crippen molar-refractivity contribution in [1.82, 2.24) is 56.0 Å². The Morgan fingerprint density at radius 1 is 0.705 bits per heavy atom. The topological polar surface area (TPSA) is 332 Å². The molecule has 0 saturated carbocycles. The van der Waals surface area contributed by atoms with Gasteiger partial charge in [-0.2, -0.15) is 0 Å². The van der Waals surface area contributed by atoms with E-state index in [1.807, 2.05) is 45.9 Å². The summed E-state index contributed by atoms with van der Waals surface area (Å²) in [5, 5.41) is 24.9. The van der Waals surface area contributed by atoms with E-state index in [0.717, 1.165) is 6.54 Å². The van der Waals surface area contributed by atoms with Crippen LogP contribution >= 0.6 is 0 Å². The number of benzene rings is 1. The van der Waals surface area contributed by atoms with Crippen molar-refractivity contribution in [3.8, 4) is 0 Å². The van der Waals surface area contributed by atoms with Crippen molar-refractivity contribution < 1.29 is 67.3 Å². The molecule has 0 spiro atoms. The van der Waals surface area contributed by atoms with Gasteiger partial charge in [0.2, 0.25) is 41.4 Å². The number of likely N-dealkylation sites (N-methyl/N-ethyl adjacent to an activating group) is 4. The molecule has 1 fully saturated rings. The Hall–Kier alpha value is -6.87. The van der Waals surface area contributed by atoms with E-state index < -0.39 is 120 Å². The summed E-state index contributed by atoms with van der Waals surface area (Å²) in [4.78, 5) is 159. The average Bonchev–Trinajstić information content (AvgIpc) is 1.80. The van der Waals surface area contributed by atoms with Gasteiger partial charge < -0.3 is 71.4 Å². The van der Waals surface area contributed by atoms with Crippen molar-refractivity contribution in [2.24, 2.45) is 41.2 Å². The highest BCUT2D eigenvalue weighted by atomic mass is 16.5. The quantitative estimate of drug-likeness (QED) is 0.0364. The van der Waals surface area contributed by atoms with Crippen molar-refractivity contribution in [3.63, 3.8) is 0 Å². The summed E-state index contributed by atoms with van der Waals surface area (Å²) in [6.45, 7) is 26.3. The molecule has 536 valence electrons. The van der Waals surface area contributed by atoms with E-state index in [4.69, 9.17) is 15.2 Å². The summed E-state index contributed by atoms with van der Waals surface area (Å²) in [6, 6.07) is 3.43. The Bertz CT molecular complexity index is 2680. The van der Waals surface area contributed by atoms with Crippen LogP contribution in [0.3, 0.4) is 0 Å². The third-order valence-corrected chi connectivity index (χ3v) is 18.8. The van der Waals surface area contributed by atoms with Gasteiger partial charge in [0.25, 0.3) is 11.8 Å². The largest absolute Gasteiger partial charge is 0.386 e. The number of ketones is 1. The summed E-state index contributed by atoms with van der Waals surface area (Å²) in [6.07, 6.45) is 2.69. The van der Waals surface area contributed by atoms with Crippen molar-refractivity contribution in [2.45, 2.75) is 195 Å². The predicted molar refractivity (Wildman–Crippen MR) is 362 cm³/mol. The number of carbonyl (C=O) groups is 11. The highest BCUT2D eigenvalue weighted by Gasteiger charge is 2.44. The number of nitrogens with one attached hydrogen (secondary N) is 5. The molecule has 3 rings (SSSR count). The Labute approximate surface area is 564 Å². The molecule has 11 amide bonds. The monoisotopic (exact) mass is 1340 g/mol. The zero-order valence-electron chi connectivity index (χ0n) is 59.7. The van der Waals surface area contributed by atoms with Gasteiger partial charge in [-0.1, -0.05) is 113 Å². The van der Waals surface area contributed by atoms with E-state index in [2.05, 4.69) is 36.4 Å². The number of rotatable bonds is 44. The van der Waals surface area contributed by atoms with Gasteiger partial charge >= 0.3 is 6.03 Å². The second kappa shape index (κ2) is 41.3. The van der Waals surface area contributed by atoms with Gasteiger partial charge in [0.15, 0.2) is 5.78 Å². The van der Waals surface area contributed by atoms with Crippen LogP contribution in [-0.2, 0) is 57.4 Å². The highest BCUT2D eigenvalue weighted by Crippen LogP contribution is 2.31. The second-order valence-corrected chi connectivity index (χ2v) is 26.6. The molecule has 2 heterocycles. The first-order chi connectivity index (χ1) is 44.9.